The molecular weight excluding hydrogens is 316 g/mol. The van der Waals surface area contributed by atoms with E-state index in [-0.39, 0.29) is 17.2 Å². The third kappa shape index (κ3) is 2.58. The van der Waals surface area contributed by atoms with Crippen molar-refractivity contribution in [3.05, 3.63) is 47.9 Å². The van der Waals surface area contributed by atoms with Crippen molar-refractivity contribution < 1.29 is 9.59 Å². The van der Waals surface area contributed by atoms with Gasteiger partial charge in [-0.2, -0.15) is 0 Å². The predicted molar refractivity (Wildman–Crippen MR) is 93.6 cm³/mol. The van der Waals surface area contributed by atoms with Crippen molar-refractivity contribution in [3.63, 3.8) is 0 Å². The fraction of sp³-hybridized carbons (Fsp3) is 0.368. The van der Waals surface area contributed by atoms with Crippen LogP contribution in [0.5, 0.6) is 0 Å². The summed E-state index contributed by atoms with van der Waals surface area (Å²) in [5.74, 6) is 0.00528. The number of likely N-dealkylation sites (tertiary alicyclic amines) is 1. The van der Waals surface area contributed by atoms with E-state index in [0.717, 1.165) is 25.0 Å². The summed E-state index contributed by atoms with van der Waals surface area (Å²) in [4.78, 5) is 35.0. The molecule has 1 aromatic heterocycles. The number of carbonyl (C=O) groups excluding carboxylic acids is 2. The zero-order chi connectivity index (χ0) is 17.4. The molecule has 25 heavy (non-hydrogen) atoms. The molecular formula is C19H20N4O2. The van der Waals surface area contributed by atoms with E-state index in [1.807, 2.05) is 19.2 Å². The molecule has 0 bridgehead atoms. The Kier molecular flexibility index (Phi) is 3.75. The Balaban J connectivity index is 1.56. The average molecular weight is 336 g/mol. The summed E-state index contributed by atoms with van der Waals surface area (Å²) in [5.41, 5.74) is 2.78. The molecule has 1 atom stereocenters. The molecule has 1 aromatic carbocycles. The van der Waals surface area contributed by atoms with Crippen LogP contribution in [0.1, 0.15) is 36.0 Å². The van der Waals surface area contributed by atoms with Gasteiger partial charge in [0.2, 0.25) is 5.91 Å². The molecule has 128 valence electrons. The maximum atomic E-state index is 12.8. The van der Waals surface area contributed by atoms with Gasteiger partial charge in [-0.1, -0.05) is 12.1 Å². The average Bonchev–Trinajstić information content (AvgIpc) is 3.07. The molecule has 1 fully saturated rings. The molecule has 2 amide bonds. The van der Waals surface area contributed by atoms with Crippen LogP contribution in [0.25, 0.3) is 11.0 Å². The van der Waals surface area contributed by atoms with Crippen molar-refractivity contribution in [3.8, 4) is 0 Å². The van der Waals surface area contributed by atoms with E-state index in [1.165, 1.54) is 0 Å². The molecule has 1 N–H and O–H groups in total. The number of para-hydroxylation sites is 1. The molecule has 2 heterocycles. The van der Waals surface area contributed by atoms with Crippen molar-refractivity contribution in [2.24, 2.45) is 5.41 Å². The van der Waals surface area contributed by atoms with Gasteiger partial charge < -0.3 is 10.2 Å². The molecule has 1 aliphatic carbocycles. The maximum Gasteiger partial charge on any atom is 0.253 e. The van der Waals surface area contributed by atoms with E-state index in [0.29, 0.717) is 29.6 Å². The fourth-order valence-electron chi connectivity index (χ4n) is 4.01. The lowest BCUT2D eigenvalue weighted by atomic mass is 9.77. The highest BCUT2D eigenvalue weighted by atomic mass is 16.2. The lowest BCUT2D eigenvalue weighted by Gasteiger charge is -2.41. The van der Waals surface area contributed by atoms with Gasteiger partial charge in [-0.3, -0.25) is 19.6 Å². The molecule has 4 rings (SSSR count). The molecule has 2 aliphatic rings. The van der Waals surface area contributed by atoms with Gasteiger partial charge in [-0.15, -0.1) is 0 Å². The molecule has 1 saturated heterocycles. The van der Waals surface area contributed by atoms with E-state index < -0.39 is 0 Å². The van der Waals surface area contributed by atoms with E-state index in [9.17, 15) is 9.59 Å². The van der Waals surface area contributed by atoms with Crippen LogP contribution in [0.15, 0.2) is 42.4 Å². The maximum absolute atomic E-state index is 12.8. The van der Waals surface area contributed by atoms with Crippen LogP contribution in [0.4, 0.5) is 0 Å². The molecule has 2 aromatic rings. The van der Waals surface area contributed by atoms with Crippen molar-refractivity contribution >= 4 is 22.8 Å². The number of benzene rings is 1. The number of piperidine rings is 1. The second-order valence-corrected chi connectivity index (χ2v) is 6.77. The van der Waals surface area contributed by atoms with Crippen LogP contribution in [0, 0.1) is 5.41 Å². The van der Waals surface area contributed by atoms with E-state index in [1.54, 1.807) is 23.4 Å². The monoisotopic (exact) mass is 336 g/mol. The summed E-state index contributed by atoms with van der Waals surface area (Å²) < 4.78 is 0. The summed E-state index contributed by atoms with van der Waals surface area (Å²) in [5, 5.41) is 3.07. The summed E-state index contributed by atoms with van der Waals surface area (Å²) in [6.45, 7) is 0.534. The highest BCUT2D eigenvalue weighted by molar-refractivity contribution is 6.04. The second kappa shape index (κ2) is 5.95. The zero-order valence-corrected chi connectivity index (χ0v) is 14.2. The van der Waals surface area contributed by atoms with Crippen molar-refractivity contribution in [1.82, 2.24) is 20.2 Å². The quantitative estimate of drug-likeness (QED) is 0.933. The van der Waals surface area contributed by atoms with Crippen molar-refractivity contribution in [2.45, 2.75) is 25.7 Å². The van der Waals surface area contributed by atoms with E-state index >= 15 is 0 Å². The third-order valence-electron chi connectivity index (χ3n) is 5.39. The number of nitrogens with zero attached hydrogens (tertiary/aromatic N) is 3. The van der Waals surface area contributed by atoms with Crippen molar-refractivity contribution in [1.29, 1.82) is 0 Å². The minimum Gasteiger partial charge on any atom is -0.351 e. The number of rotatable bonds is 3. The molecule has 0 saturated carbocycles. The van der Waals surface area contributed by atoms with Gasteiger partial charge in [-0.05, 0) is 31.4 Å². The van der Waals surface area contributed by atoms with Gasteiger partial charge >= 0.3 is 0 Å². The number of carbonyl (C=O) groups is 2. The van der Waals surface area contributed by atoms with Crippen LogP contribution in [0.2, 0.25) is 0 Å². The highest BCUT2D eigenvalue weighted by Gasteiger charge is 2.44. The SMILES string of the molecule is CN1C(=O)CCC2(CNC(=O)c3cccc4nccnc34)CCC=C12. The number of hydrogen-bond donors (Lipinski definition) is 1. The third-order valence-corrected chi connectivity index (χ3v) is 5.39. The Morgan fingerprint density at radius 2 is 2.12 bits per heavy atom. The molecule has 1 aliphatic heterocycles. The topological polar surface area (TPSA) is 75.2 Å². The first-order valence-corrected chi connectivity index (χ1v) is 8.56. The van der Waals surface area contributed by atoms with E-state index in [4.69, 9.17) is 0 Å². The van der Waals surface area contributed by atoms with Crippen LogP contribution in [0.3, 0.4) is 0 Å². The lowest BCUT2D eigenvalue weighted by molar-refractivity contribution is -0.131. The lowest BCUT2D eigenvalue weighted by Crippen LogP contribution is -2.46. The summed E-state index contributed by atoms with van der Waals surface area (Å²) in [7, 11) is 1.83. The Hall–Kier alpha value is -2.76. The van der Waals surface area contributed by atoms with Gasteiger partial charge in [0.05, 0.1) is 11.1 Å². The smallest absolute Gasteiger partial charge is 0.253 e. The number of fused-ring (bicyclic) bond motifs is 2. The minimum absolute atomic E-state index is 0.130. The van der Waals surface area contributed by atoms with Gasteiger partial charge in [0, 0.05) is 43.5 Å². The zero-order valence-electron chi connectivity index (χ0n) is 14.2. The first kappa shape index (κ1) is 15.7. The molecule has 0 spiro atoms. The van der Waals surface area contributed by atoms with Gasteiger partial charge in [-0.25, -0.2) is 0 Å². The Morgan fingerprint density at radius 1 is 1.28 bits per heavy atom. The Bertz CT molecular complexity index is 887. The van der Waals surface area contributed by atoms with Crippen LogP contribution < -0.4 is 5.32 Å². The van der Waals surface area contributed by atoms with E-state index in [2.05, 4.69) is 21.4 Å². The first-order valence-electron chi connectivity index (χ1n) is 8.56. The minimum atomic E-state index is -0.147. The summed E-state index contributed by atoms with van der Waals surface area (Å²) >= 11 is 0. The standard InChI is InChI=1S/C19H20N4O2/c1-23-15-6-3-8-19(15,9-7-16(23)24)12-22-18(25)13-4-2-5-14-17(13)21-11-10-20-14/h2,4-6,10-11H,3,7-9,12H2,1H3,(H,22,25). The molecule has 6 nitrogen and oxygen atoms in total. The van der Waals surface area contributed by atoms with Gasteiger partial charge in [0.25, 0.3) is 5.91 Å². The second-order valence-electron chi connectivity index (χ2n) is 6.77. The van der Waals surface area contributed by atoms with Crippen LogP contribution in [-0.2, 0) is 4.79 Å². The Morgan fingerprint density at radius 3 is 3.00 bits per heavy atom. The van der Waals surface area contributed by atoms with Crippen LogP contribution >= 0.6 is 0 Å². The first-order chi connectivity index (χ1) is 12.1. The number of hydrogen-bond acceptors (Lipinski definition) is 4. The number of amides is 2. The largest absolute Gasteiger partial charge is 0.351 e. The molecule has 6 heteroatoms. The fourth-order valence-corrected chi connectivity index (χ4v) is 4.01. The normalized spacial score (nSPS) is 22.7. The van der Waals surface area contributed by atoms with Crippen LogP contribution in [-0.4, -0.2) is 40.3 Å². The molecule has 0 radical (unpaired) electrons. The van der Waals surface area contributed by atoms with Crippen molar-refractivity contribution in [2.75, 3.05) is 13.6 Å². The molecule has 1 unspecified atom stereocenters. The highest BCUT2D eigenvalue weighted by Crippen LogP contribution is 2.46. The summed E-state index contributed by atoms with van der Waals surface area (Å²) in [6.07, 6.45) is 8.58. The summed E-state index contributed by atoms with van der Waals surface area (Å²) in [6, 6.07) is 5.43. The Labute approximate surface area is 145 Å². The number of aromatic nitrogens is 2. The van der Waals surface area contributed by atoms with Gasteiger partial charge in [0.1, 0.15) is 5.52 Å². The number of allylic oxidation sites excluding steroid dienone is 1. The van der Waals surface area contributed by atoms with Gasteiger partial charge in [0.15, 0.2) is 0 Å². The predicted octanol–water partition coefficient (Wildman–Crippen LogP) is 2.28. The number of nitrogens with one attached hydrogen (secondary N) is 1.